The molecule has 0 saturated heterocycles. The first-order chi connectivity index (χ1) is 8.28. The molecule has 0 nitrogen and oxygen atoms in total. The van der Waals surface area contributed by atoms with Crippen molar-refractivity contribution in [3.05, 3.63) is 14.9 Å². The third kappa shape index (κ3) is 15.5. The summed E-state index contributed by atoms with van der Waals surface area (Å²) in [6.45, 7) is 4.60. The van der Waals surface area contributed by atoms with Gasteiger partial charge >= 0.3 is 35.6 Å². The zero-order chi connectivity index (χ0) is 12.9. The second-order valence-corrected chi connectivity index (χ2v) is 7.77. The predicted octanol–water partition coefficient (Wildman–Crippen LogP) is 7.45. The number of rotatable bonds is 2. The van der Waals surface area contributed by atoms with Crippen molar-refractivity contribution in [3.63, 3.8) is 0 Å². The molecule has 0 aliphatic heterocycles. The Labute approximate surface area is 140 Å². The molecule has 3 heteroatoms. The van der Waals surface area contributed by atoms with Gasteiger partial charge in [-0.2, -0.15) is 0 Å². The molecule has 2 aliphatic rings. The van der Waals surface area contributed by atoms with E-state index in [-0.39, 0.29) is 14.9 Å². The van der Waals surface area contributed by atoms with Gasteiger partial charge in [-0.25, -0.2) is 0 Å². The van der Waals surface area contributed by atoms with Crippen molar-refractivity contribution in [2.45, 2.75) is 78.1 Å². The molecule has 2 saturated carbocycles. The van der Waals surface area contributed by atoms with E-state index >= 15 is 0 Å². The molecule has 0 spiro atoms. The Bertz CT molecular complexity index is 126. The summed E-state index contributed by atoms with van der Waals surface area (Å²) < 4.78 is 0. The molecule has 19 heavy (non-hydrogen) atoms. The maximum atomic E-state index is 4.89. The molecule has 0 unspecified atom stereocenters. The van der Waals surface area contributed by atoms with E-state index in [1.165, 1.54) is 64.2 Å². The van der Waals surface area contributed by atoms with Gasteiger partial charge < -0.3 is 14.9 Å². The van der Waals surface area contributed by atoms with Gasteiger partial charge in [-0.3, -0.25) is 0 Å². The van der Waals surface area contributed by atoms with Crippen molar-refractivity contribution in [2.75, 3.05) is 0 Å². The second-order valence-electron chi connectivity index (χ2n) is 5.19. The van der Waals surface area contributed by atoms with E-state index in [4.69, 9.17) is 18.6 Å². The van der Waals surface area contributed by atoms with E-state index in [2.05, 4.69) is 13.8 Å². The quantitative estimate of drug-likeness (QED) is 0.360. The van der Waals surface area contributed by atoms with Gasteiger partial charge in [-0.15, -0.1) is 0 Å². The van der Waals surface area contributed by atoms with E-state index in [0.29, 0.717) is 0 Å². The molecule has 0 aromatic rings. The van der Waals surface area contributed by atoms with E-state index in [0.717, 1.165) is 11.8 Å². The Morgan fingerprint density at radius 3 is 1.05 bits per heavy atom. The average Bonchev–Trinajstić information content (AvgIpc) is 3.04. The van der Waals surface area contributed by atoms with Crippen LogP contribution in [0.3, 0.4) is 0 Å². The predicted molar refractivity (Wildman–Crippen MR) is 89.0 cm³/mol. The Hall–Kier alpha value is 1.29. The first-order valence-corrected chi connectivity index (χ1v) is 11.5. The van der Waals surface area contributed by atoms with Gasteiger partial charge in [0.2, 0.25) is 0 Å². The van der Waals surface area contributed by atoms with Gasteiger partial charge in [-0.05, 0) is 11.8 Å². The Balaban J connectivity index is -0.000000207. The van der Waals surface area contributed by atoms with Gasteiger partial charge in [-0.1, -0.05) is 78.1 Å². The minimum atomic E-state index is -0.556. The molecule has 0 aromatic carbocycles. The Morgan fingerprint density at radius 1 is 0.737 bits per heavy atom. The summed E-state index contributed by atoms with van der Waals surface area (Å²) in [5.41, 5.74) is 0. The third-order valence-corrected chi connectivity index (χ3v) is 4.10. The summed E-state index contributed by atoms with van der Waals surface area (Å²) in [4.78, 5) is 0. The molecule has 2 rings (SSSR count). The molecule has 2 aliphatic carbocycles. The van der Waals surface area contributed by atoms with Crippen LogP contribution in [0, 0.1) is 26.7 Å². The molecule has 0 amide bonds. The fourth-order valence-corrected chi connectivity index (χ4v) is 2.84. The summed E-state index contributed by atoms with van der Waals surface area (Å²) in [7, 11) is 9.78. The summed E-state index contributed by atoms with van der Waals surface area (Å²) in [6, 6.07) is 0. The Kier molecular flexibility index (Phi) is 25.7. The summed E-state index contributed by atoms with van der Waals surface area (Å²) in [5, 5.41) is 0. The first-order valence-electron chi connectivity index (χ1n) is 7.24. The van der Waals surface area contributed by atoms with Crippen LogP contribution in [-0.4, -0.2) is 0 Å². The van der Waals surface area contributed by atoms with Crippen LogP contribution in [0.25, 0.3) is 0 Å². The van der Waals surface area contributed by atoms with Crippen molar-refractivity contribution in [3.8, 4) is 0 Å². The van der Waals surface area contributed by atoms with Gasteiger partial charge in [0.25, 0.3) is 0 Å². The van der Waals surface area contributed by atoms with Gasteiger partial charge in [0.1, 0.15) is 0 Å². The summed E-state index contributed by atoms with van der Waals surface area (Å²) in [6.07, 6.45) is 14.9. The second kappa shape index (κ2) is 19.3. The first kappa shape index (κ1) is 25.3. The average molecular weight is 345 g/mol. The van der Waals surface area contributed by atoms with Crippen LogP contribution in [-0.2, 0) is 17.0 Å². The summed E-state index contributed by atoms with van der Waals surface area (Å²) >= 11 is -0.556. The van der Waals surface area contributed by atoms with E-state index < -0.39 is 17.0 Å². The molecule has 0 bridgehead atoms. The molecular weight excluding hydrogens is 311 g/mol. The van der Waals surface area contributed by atoms with Crippen LogP contribution >= 0.6 is 18.6 Å². The third-order valence-electron chi connectivity index (χ3n) is 4.10. The molecule has 118 valence electrons. The Morgan fingerprint density at radius 2 is 0.947 bits per heavy atom. The van der Waals surface area contributed by atoms with E-state index in [1.807, 2.05) is 0 Å². The van der Waals surface area contributed by atoms with Gasteiger partial charge in [0, 0.05) is 0 Å². The number of hydrogen-bond donors (Lipinski definition) is 0. The zero-order valence-electron chi connectivity index (χ0n) is 13.5. The van der Waals surface area contributed by atoms with Crippen LogP contribution in [0.1, 0.15) is 78.1 Å². The van der Waals surface area contributed by atoms with Crippen molar-refractivity contribution >= 4 is 18.6 Å². The van der Waals surface area contributed by atoms with Crippen molar-refractivity contribution in [1.82, 2.24) is 0 Å². The molecular formula is C16H34Cl2Ti-2. The van der Waals surface area contributed by atoms with E-state index in [1.54, 1.807) is 0 Å². The van der Waals surface area contributed by atoms with Crippen LogP contribution in [0.5, 0.6) is 0 Å². The van der Waals surface area contributed by atoms with Crippen molar-refractivity contribution in [1.29, 1.82) is 0 Å². The molecule has 2 fully saturated rings. The standard InChI is InChI=1S/2C7H14.2CH3.2ClH.Ti/c2*1-2-7-5-3-4-6-7;;;;;/h2*7H,2-6H2,1H3;2*1H3;2*1H;/q;;2*-1;;;+2/p-2. The van der Waals surface area contributed by atoms with Crippen LogP contribution in [0.2, 0.25) is 0 Å². The fourth-order valence-electron chi connectivity index (χ4n) is 2.84. The normalized spacial score (nSPS) is 18.1. The van der Waals surface area contributed by atoms with Crippen molar-refractivity contribution < 1.29 is 17.0 Å². The fraction of sp³-hybridized carbons (Fsp3) is 0.875. The molecule has 0 radical (unpaired) electrons. The van der Waals surface area contributed by atoms with Gasteiger partial charge in [0.15, 0.2) is 0 Å². The van der Waals surface area contributed by atoms with Crippen molar-refractivity contribution in [2.24, 2.45) is 11.8 Å². The summed E-state index contributed by atoms with van der Waals surface area (Å²) in [5.74, 6) is 2.19. The molecule has 0 atom stereocenters. The van der Waals surface area contributed by atoms with Crippen LogP contribution < -0.4 is 0 Å². The number of hydrogen-bond acceptors (Lipinski definition) is 0. The zero-order valence-corrected chi connectivity index (χ0v) is 16.6. The minimum absolute atomic E-state index is 0. The molecule has 0 heterocycles. The van der Waals surface area contributed by atoms with Gasteiger partial charge in [0.05, 0.1) is 0 Å². The number of halogens is 2. The monoisotopic (exact) mass is 344 g/mol. The SMILES string of the molecule is CCC1CCCC1.CCC1CCCC1.[CH3-].[CH3-].[Cl][Ti][Cl]. The van der Waals surface area contributed by atoms with Crippen LogP contribution in [0.4, 0.5) is 0 Å². The molecule has 0 aromatic heterocycles. The molecule has 0 N–H and O–H groups in total. The topological polar surface area (TPSA) is 0 Å². The van der Waals surface area contributed by atoms with Crippen LogP contribution in [0.15, 0.2) is 0 Å². The maximum absolute atomic E-state index is 4.89. The van der Waals surface area contributed by atoms with E-state index in [9.17, 15) is 0 Å².